The minimum Gasteiger partial charge on any atom is -0.373 e. The number of ether oxygens (including phenoxy) is 1. The first-order chi connectivity index (χ1) is 12.1. The van der Waals surface area contributed by atoms with Gasteiger partial charge in [-0.3, -0.25) is 9.78 Å². The number of carbonyl (C=O) groups excluding carboxylic acids is 1. The molecule has 2 aromatic rings. The molecule has 5 heteroatoms. The van der Waals surface area contributed by atoms with Gasteiger partial charge in [-0.15, -0.1) is 0 Å². The Morgan fingerprint density at radius 3 is 2.80 bits per heavy atom. The van der Waals surface area contributed by atoms with Crippen LogP contribution >= 0.6 is 0 Å². The third-order valence-electron chi connectivity index (χ3n) is 4.82. The van der Waals surface area contributed by atoms with Gasteiger partial charge in [0, 0.05) is 25.9 Å². The summed E-state index contributed by atoms with van der Waals surface area (Å²) in [5, 5.41) is 0. The van der Waals surface area contributed by atoms with Gasteiger partial charge in [-0.2, -0.15) is 0 Å². The maximum atomic E-state index is 13.1. The van der Waals surface area contributed by atoms with Crippen LogP contribution in [-0.4, -0.2) is 35.5 Å². The lowest BCUT2D eigenvalue weighted by atomic mass is 9.96. The number of aromatic nitrogens is 1. The van der Waals surface area contributed by atoms with Gasteiger partial charge < -0.3 is 9.64 Å². The van der Waals surface area contributed by atoms with Crippen LogP contribution in [0.5, 0.6) is 0 Å². The lowest BCUT2D eigenvalue weighted by Gasteiger charge is -2.35. The monoisotopic (exact) mass is 342 g/mol. The summed E-state index contributed by atoms with van der Waals surface area (Å²) in [4.78, 5) is 18.8. The highest BCUT2D eigenvalue weighted by atomic mass is 19.1. The number of aryl methyl sites for hydroxylation is 1. The fourth-order valence-corrected chi connectivity index (χ4v) is 3.20. The Hall–Kier alpha value is -2.27. The van der Waals surface area contributed by atoms with Crippen LogP contribution in [0.1, 0.15) is 47.5 Å². The van der Waals surface area contributed by atoms with Crippen LogP contribution < -0.4 is 0 Å². The Morgan fingerprint density at radius 2 is 2.08 bits per heavy atom. The van der Waals surface area contributed by atoms with Gasteiger partial charge >= 0.3 is 0 Å². The molecule has 1 aromatic carbocycles. The minimum atomic E-state index is -0.259. The second-order valence-corrected chi connectivity index (χ2v) is 6.41. The van der Waals surface area contributed by atoms with Gasteiger partial charge in [0.1, 0.15) is 11.5 Å². The predicted octanol–water partition coefficient (Wildman–Crippen LogP) is 3.78. The summed E-state index contributed by atoms with van der Waals surface area (Å²) in [7, 11) is 1.82. The standard InChI is InChI=1S/C20H23FN2O2/c1-3-14-8-10-22-18(12-14)20(24)23(2)17-9-11-25-19(13-17)15-4-6-16(21)7-5-15/h4-8,10,12,17,19H,3,9,11,13H2,1-2H3/t17-,19-/m0/s1. The van der Waals surface area contributed by atoms with E-state index >= 15 is 0 Å². The number of rotatable bonds is 4. The van der Waals surface area contributed by atoms with Crippen molar-refractivity contribution in [2.45, 2.75) is 38.3 Å². The molecule has 2 atom stereocenters. The first-order valence-corrected chi connectivity index (χ1v) is 8.67. The van der Waals surface area contributed by atoms with Crippen LogP contribution in [0.3, 0.4) is 0 Å². The van der Waals surface area contributed by atoms with Gasteiger partial charge in [0.2, 0.25) is 0 Å². The van der Waals surface area contributed by atoms with Crippen LogP contribution in [0.4, 0.5) is 4.39 Å². The molecule has 0 spiro atoms. The number of pyridine rings is 1. The van der Waals surface area contributed by atoms with E-state index in [1.807, 2.05) is 19.2 Å². The van der Waals surface area contributed by atoms with Crippen molar-refractivity contribution in [2.24, 2.45) is 0 Å². The summed E-state index contributed by atoms with van der Waals surface area (Å²) < 4.78 is 18.9. The quantitative estimate of drug-likeness (QED) is 0.849. The summed E-state index contributed by atoms with van der Waals surface area (Å²) in [6.45, 7) is 2.63. The van der Waals surface area contributed by atoms with E-state index in [9.17, 15) is 9.18 Å². The van der Waals surface area contributed by atoms with E-state index < -0.39 is 0 Å². The zero-order valence-corrected chi connectivity index (χ0v) is 14.6. The number of hydrogen-bond donors (Lipinski definition) is 0. The van der Waals surface area contributed by atoms with Crippen molar-refractivity contribution in [3.05, 3.63) is 65.2 Å². The number of hydrogen-bond acceptors (Lipinski definition) is 3. The SMILES string of the molecule is CCc1ccnc(C(=O)N(C)[C@H]2CCO[C@H](c3ccc(F)cc3)C2)c1. The number of benzene rings is 1. The van der Waals surface area contributed by atoms with Crippen molar-refractivity contribution >= 4 is 5.91 Å². The van der Waals surface area contributed by atoms with E-state index in [2.05, 4.69) is 11.9 Å². The summed E-state index contributed by atoms with van der Waals surface area (Å²) in [5.74, 6) is -0.328. The summed E-state index contributed by atoms with van der Waals surface area (Å²) in [6, 6.07) is 10.2. The summed E-state index contributed by atoms with van der Waals surface area (Å²) in [6.07, 6.45) is 3.92. The first kappa shape index (κ1) is 17.5. The number of nitrogens with zero attached hydrogens (tertiary/aromatic N) is 2. The zero-order valence-electron chi connectivity index (χ0n) is 14.6. The Labute approximate surface area is 147 Å². The third-order valence-corrected chi connectivity index (χ3v) is 4.82. The summed E-state index contributed by atoms with van der Waals surface area (Å²) >= 11 is 0. The van der Waals surface area contributed by atoms with Gasteiger partial charge in [0.25, 0.3) is 5.91 Å². The van der Waals surface area contributed by atoms with Gasteiger partial charge in [-0.25, -0.2) is 4.39 Å². The Kier molecular flexibility index (Phi) is 5.43. The van der Waals surface area contributed by atoms with E-state index in [4.69, 9.17) is 4.74 Å². The van der Waals surface area contributed by atoms with Crippen LogP contribution in [0.15, 0.2) is 42.6 Å². The zero-order chi connectivity index (χ0) is 17.8. The lowest BCUT2D eigenvalue weighted by molar-refractivity contribution is -0.0198. The van der Waals surface area contributed by atoms with E-state index in [1.54, 1.807) is 23.2 Å². The van der Waals surface area contributed by atoms with Crippen molar-refractivity contribution < 1.29 is 13.9 Å². The molecule has 0 radical (unpaired) electrons. The largest absolute Gasteiger partial charge is 0.373 e. The average Bonchev–Trinajstić information content (AvgIpc) is 2.67. The lowest BCUT2D eigenvalue weighted by Crippen LogP contribution is -2.41. The number of halogens is 1. The molecule has 1 fully saturated rings. The Morgan fingerprint density at radius 1 is 1.32 bits per heavy atom. The smallest absolute Gasteiger partial charge is 0.272 e. The van der Waals surface area contributed by atoms with Crippen LogP contribution in [-0.2, 0) is 11.2 Å². The Bertz CT molecular complexity index is 733. The maximum absolute atomic E-state index is 13.1. The molecule has 2 heterocycles. The molecule has 4 nitrogen and oxygen atoms in total. The minimum absolute atomic E-state index is 0.0694. The highest BCUT2D eigenvalue weighted by molar-refractivity contribution is 5.92. The molecule has 3 rings (SSSR count). The first-order valence-electron chi connectivity index (χ1n) is 8.67. The predicted molar refractivity (Wildman–Crippen MR) is 93.8 cm³/mol. The van der Waals surface area contributed by atoms with Crippen LogP contribution in [0.2, 0.25) is 0 Å². The number of carbonyl (C=O) groups is 1. The van der Waals surface area contributed by atoms with Gasteiger partial charge in [0.15, 0.2) is 0 Å². The van der Waals surface area contributed by atoms with E-state index in [1.165, 1.54) is 12.1 Å². The van der Waals surface area contributed by atoms with Crippen molar-refractivity contribution in [1.29, 1.82) is 0 Å². The molecule has 0 aliphatic carbocycles. The van der Waals surface area contributed by atoms with Crippen molar-refractivity contribution in [1.82, 2.24) is 9.88 Å². The fourth-order valence-electron chi connectivity index (χ4n) is 3.20. The average molecular weight is 342 g/mol. The fraction of sp³-hybridized carbons (Fsp3) is 0.400. The molecular weight excluding hydrogens is 319 g/mol. The molecule has 1 aromatic heterocycles. The van der Waals surface area contributed by atoms with Crippen molar-refractivity contribution in [3.63, 3.8) is 0 Å². The molecule has 25 heavy (non-hydrogen) atoms. The van der Waals surface area contributed by atoms with Crippen molar-refractivity contribution in [3.8, 4) is 0 Å². The van der Waals surface area contributed by atoms with Gasteiger partial charge in [-0.05, 0) is 54.7 Å². The molecule has 1 amide bonds. The van der Waals surface area contributed by atoms with Crippen LogP contribution in [0.25, 0.3) is 0 Å². The topological polar surface area (TPSA) is 42.4 Å². The Balaban J connectivity index is 1.71. The normalized spacial score (nSPS) is 20.3. The molecule has 0 saturated carbocycles. The second-order valence-electron chi connectivity index (χ2n) is 6.41. The van der Waals surface area contributed by atoms with Crippen molar-refractivity contribution in [2.75, 3.05) is 13.7 Å². The molecule has 0 N–H and O–H groups in total. The number of amides is 1. The van der Waals surface area contributed by atoms with Gasteiger partial charge in [-0.1, -0.05) is 19.1 Å². The molecule has 132 valence electrons. The molecule has 1 aliphatic rings. The molecule has 1 aliphatic heterocycles. The third kappa shape index (κ3) is 4.04. The summed E-state index contributed by atoms with van der Waals surface area (Å²) in [5.41, 5.74) is 2.52. The maximum Gasteiger partial charge on any atom is 0.272 e. The highest BCUT2D eigenvalue weighted by Gasteiger charge is 2.29. The highest BCUT2D eigenvalue weighted by Crippen LogP contribution is 2.30. The molecule has 1 saturated heterocycles. The second kappa shape index (κ2) is 7.74. The van der Waals surface area contributed by atoms with E-state index in [0.717, 1.165) is 24.0 Å². The molecule has 0 unspecified atom stereocenters. The molecular formula is C20H23FN2O2. The van der Waals surface area contributed by atoms with E-state index in [-0.39, 0.29) is 23.9 Å². The molecule has 0 bridgehead atoms. The van der Waals surface area contributed by atoms with Crippen LogP contribution in [0, 0.1) is 5.82 Å². The van der Waals surface area contributed by atoms with E-state index in [0.29, 0.717) is 18.7 Å². The van der Waals surface area contributed by atoms with Gasteiger partial charge in [0.05, 0.1) is 6.10 Å².